The maximum Gasteiger partial charge on any atom is 0.251 e. The van der Waals surface area contributed by atoms with Crippen LogP contribution in [0.3, 0.4) is 0 Å². The van der Waals surface area contributed by atoms with E-state index in [1.807, 2.05) is 39.8 Å². The van der Waals surface area contributed by atoms with Crippen LogP contribution in [0, 0.1) is 11.7 Å². The summed E-state index contributed by atoms with van der Waals surface area (Å²) in [6, 6.07) is 17.1. The van der Waals surface area contributed by atoms with E-state index >= 15 is 0 Å². The number of piperidine rings is 1. The van der Waals surface area contributed by atoms with Crippen LogP contribution < -0.4 is 10.5 Å². The average Bonchev–Trinajstić information content (AvgIpc) is 2.72. The maximum atomic E-state index is 14.6. The van der Waals surface area contributed by atoms with Crippen molar-refractivity contribution in [2.24, 2.45) is 5.92 Å². The smallest absolute Gasteiger partial charge is 0.251 e. The lowest BCUT2D eigenvalue weighted by atomic mass is 9.76. The zero-order valence-corrected chi connectivity index (χ0v) is 16.6. The summed E-state index contributed by atoms with van der Waals surface area (Å²) < 4.78 is 16.6. The predicted octanol–water partition coefficient (Wildman–Crippen LogP) is 4.44. The Kier molecular flexibility index (Phi) is 4.63. The molecule has 0 saturated carbocycles. The van der Waals surface area contributed by atoms with Crippen molar-refractivity contribution in [1.29, 1.82) is 0 Å². The number of fused-ring (bicyclic) bond motifs is 4. The van der Waals surface area contributed by atoms with Gasteiger partial charge in [-0.3, -0.25) is 4.79 Å². The topological polar surface area (TPSA) is 38.1 Å². The van der Waals surface area contributed by atoms with Crippen LogP contribution in [0.5, 0.6) is 0 Å². The highest BCUT2D eigenvalue weighted by Gasteiger charge is 2.41. The average molecular weight is 410 g/mol. The Hall–Kier alpha value is -2.66. The van der Waals surface area contributed by atoms with E-state index in [4.69, 9.17) is 11.6 Å². The zero-order valence-electron chi connectivity index (χ0n) is 15.8. The van der Waals surface area contributed by atoms with Gasteiger partial charge in [0.1, 0.15) is 0 Å². The third-order valence-electron chi connectivity index (χ3n) is 6.17. The van der Waals surface area contributed by atoms with Gasteiger partial charge in [0.15, 0.2) is 11.6 Å². The Morgan fingerprint density at radius 3 is 2.72 bits per heavy atom. The molecule has 0 unspecified atom stereocenters. The number of anilines is 1. The molecule has 0 N–H and O–H groups in total. The molecule has 5 rings (SSSR count). The minimum Gasteiger partial charge on any atom is -0.353 e. The van der Waals surface area contributed by atoms with E-state index in [1.54, 1.807) is 6.07 Å². The Bertz CT molecular complexity index is 1100. The van der Waals surface area contributed by atoms with Gasteiger partial charge in [-0.15, -0.1) is 0 Å². The highest BCUT2D eigenvalue weighted by atomic mass is 35.5. The minimum absolute atomic E-state index is 0.0375. The molecule has 0 radical (unpaired) electrons. The standard InChI is InChI=1S/C23H21ClFN3O/c24-18-11-19(25)23(26-12-18)27-13-16-10-17(14-27)21(9-15-5-2-1-3-6-15)28-20(16)7-4-8-22(28)29/h1-8,11-12,16-17,21H,9-10,13-14H2/t16-,17+,21+/m1/s1. The number of rotatable bonds is 3. The molecule has 2 aliphatic rings. The van der Waals surface area contributed by atoms with E-state index in [0.29, 0.717) is 23.9 Å². The minimum atomic E-state index is -0.400. The van der Waals surface area contributed by atoms with E-state index in [-0.39, 0.29) is 23.4 Å². The molecule has 2 aliphatic heterocycles. The summed E-state index contributed by atoms with van der Waals surface area (Å²) in [5, 5.41) is 0.294. The molecule has 3 aromatic rings. The monoisotopic (exact) mass is 409 g/mol. The van der Waals surface area contributed by atoms with Crippen molar-refractivity contribution < 1.29 is 4.39 Å². The van der Waals surface area contributed by atoms with Crippen molar-refractivity contribution in [2.45, 2.75) is 24.8 Å². The molecule has 148 valence electrons. The summed E-state index contributed by atoms with van der Waals surface area (Å²) >= 11 is 5.89. The van der Waals surface area contributed by atoms with Crippen molar-refractivity contribution in [3.05, 3.63) is 93.2 Å². The molecule has 1 fully saturated rings. The first-order chi connectivity index (χ1) is 14.1. The summed E-state index contributed by atoms with van der Waals surface area (Å²) in [7, 11) is 0. The quantitative estimate of drug-likeness (QED) is 0.641. The molecule has 0 spiro atoms. The number of benzene rings is 1. The third-order valence-corrected chi connectivity index (χ3v) is 6.38. The van der Waals surface area contributed by atoms with Gasteiger partial charge in [-0.2, -0.15) is 0 Å². The number of halogens is 2. The second kappa shape index (κ2) is 7.30. The third kappa shape index (κ3) is 3.33. The van der Waals surface area contributed by atoms with Crippen molar-refractivity contribution in [2.75, 3.05) is 18.0 Å². The van der Waals surface area contributed by atoms with Crippen molar-refractivity contribution in [3.8, 4) is 0 Å². The van der Waals surface area contributed by atoms with E-state index in [2.05, 4.69) is 17.1 Å². The summed E-state index contributed by atoms with van der Waals surface area (Å²) in [5.41, 5.74) is 2.28. The van der Waals surface area contributed by atoms with Crippen molar-refractivity contribution in [3.63, 3.8) is 0 Å². The van der Waals surface area contributed by atoms with Crippen LogP contribution in [0.25, 0.3) is 0 Å². The Morgan fingerprint density at radius 1 is 1.10 bits per heavy atom. The fourth-order valence-electron chi connectivity index (χ4n) is 4.97. The number of hydrogen-bond donors (Lipinski definition) is 0. The molecule has 29 heavy (non-hydrogen) atoms. The van der Waals surface area contributed by atoms with Crippen molar-refractivity contribution >= 4 is 17.4 Å². The molecule has 0 aliphatic carbocycles. The normalized spacial score (nSPS) is 23.0. The lowest BCUT2D eigenvalue weighted by Crippen LogP contribution is -2.50. The lowest BCUT2D eigenvalue weighted by Gasteiger charge is -2.47. The van der Waals surface area contributed by atoms with Crippen LogP contribution >= 0.6 is 11.6 Å². The van der Waals surface area contributed by atoms with Crippen LogP contribution in [0.4, 0.5) is 10.2 Å². The first-order valence-electron chi connectivity index (χ1n) is 9.91. The van der Waals surface area contributed by atoms with Gasteiger partial charge in [0.05, 0.1) is 5.02 Å². The fraction of sp³-hybridized carbons (Fsp3) is 0.304. The van der Waals surface area contributed by atoms with Crippen LogP contribution in [0.15, 0.2) is 65.6 Å². The fourth-order valence-corrected chi connectivity index (χ4v) is 5.12. The van der Waals surface area contributed by atoms with Crippen molar-refractivity contribution in [1.82, 2.24) is 9.55 Å². The van der Waals surface area contributed by atoms with Gasteiger partial charge in [-0.1, -0.05) is 48.0 Å². The second-order valence-electron chi connectivity index (χ2n) is 7.97. The highest BCUT2D eigenvalue weighted by Crippen LogP contribution is 2.43. The highest BCUT2D eigenvalue weighted by molar-refractivity contribution is 6.30. The summed E-state index contributed by atoms with van der Waals surface area (Å²) in [6.07, 6.45) is 3.26. The zero-order chi connectivity index (χ0) is 20.0. The molecule has 4 nitrogen and oxygen atoms in total. The van der Waals surface area contributed by atoms with Gasteiger partial charge in [0, 0.05) is 43.0 Å². The molecule has 3 atom stereocenters. The Balaban J connectivity index is 1.56. The van der Waals surface area contributed by atoms with E-state index in [0.717, 1.165) is 18.5 Å². The number of nitrogens with zero attached hydrogens (tertiary/aromatic N) is 3. The first kappa shape index (κ1) is 18.4. The Labute approximate surface area is 173 Å². The maximum absolute atomic E-state index is 14.6. The van der Waals surface area contributed by atoms with E-state index in [1.165, 1.54) is 17.8 Å². The van der Waals surface area contributed by atoms with Crippen LogP contribution in [-0.4, -0.2) is 22.6 Å². The molecular weight excluding hydrogens is 389 g/mol. The molecule has 0 amide bonds. The van der Waals surface area contributed by atoms with Gasteiger partial charge in [0.2, 0.25) is 0 Å². The SMILES string of the molecule is O=c1cccc2n1[C@@H](Cc1ccccc1)[C@H]1C[C@@H]2CN(c2ncc(Cl)cc2F)C1. The summed E-state index contributed by atoms with van der Waals surface area (Å²) in [4.78, 5) is 19.1. The molecule has 4 heterocycles. The van der Waals surface area contributed by atoms with Gasteiger partial charge in [0.25, 0.3) is 5.56 Å². The predicted molar refractivity (Wildman–Crippen MR) is 112 cm³/mol. The van der Waals surface area contributed by atoms with E-state index < -0.39 is 5.82 Å². The van der Waals surface area contributed by atoms with Crippen LogP contribution in [0.1, 0.15) is 29.6 Å². The lowest BCUT2D eigenvalue weighted by molar-refractivity contribution is 0.210. The second-order valence-corrected chi connectivity index (χ2v) is 8.41. The van der Waals surface area contributed by atoms with Gasteiger partial charge in [-0.25, -0.2) is 9.37 Å². The van der Waals surface area contributed by atoms with Gasteiger partial charge < -0.3 is 9.47 Å². The largest absolute Gasteiger partial charge is 0.353 e. The molecular formula is C23H21ClFN3O. The molecule has 2 bridgehead atoms. The first-order valence-corrected chi connectivity index (χ1v) is 10.3. The van der Waals surface area contributed by atoms with Crippen LogP contribution in [0.2, 0.25) is 5.02 Å². The number of aromatic nitrogens is 2. The molecule has 1 saturated heterocycles. The Morgan fingerprint density at radius 2 is 1.93 bits per heavy atom. The molecule has 1 aromatic carbocycles. The van der Waals surface area contributed by atoms with Crippen LogP contribution in [-0.2, 0) is 6.42 Å². The van der Waals surface area contributed by atoms with Gasteiger partial charge in [-0.05, 0) is 36.5 Å². The molecule has 2 aromatic heterocycles. The summed E-state index contributed by atoms with van der Waals surface area (Å²) in [6.45, 7) is 1.31. The molecule has 6 heteroatoms. The number of hydrogen-bond acceptors (Lipinski definition) is 3. The van der Waals surface area contributed by atoms with Gasteiger partial charge >= 0.3 is 0 Å². The summed E-state index contributed by atoms with van der Waals surface area (Å²) in [5.74, 6) is 0.349. The number of pyridine rings is 2. The van der Waals surface area contributed by atoms with E-state index in [9.17, 15) is 9.18 Å².